The normalized spacial score (nSPS) is 11.0. The standard InChI is InChI=1S/C17H21N3O3/c1-17(2,3)23-16(21)20(4)13-6-8-14(9-7-13)22-15-10-5-12(18)11-19-15/h5-11H,18H2,1-4H3. The van der Waals surface area contributed by atoms with Crippen molar-refractivity contribution in [3.05, 3.63) is 42.6 Å². The SMILES string of the molecule is CN(C(=O)OC(C)(C)C)c1ccc(Oc2ccc(N)cn2)cc1. The number of anilines is 2. The van der Waals surface area contributed by atoms with Crippen molar-refractivity contribution in [2.24, 2.45) is 0 Å². The quantitative estimate of drug-likeness (QED) is 0.931. The molecule has 0 fully saturated rings. The first kappa shape index (κ1) is 16.6. The van der Waals surface area contributed by atoms with E-state index in [1.807, 2.05) is 20.8 Å². The molecule has 0 aliphatic carbocycles. The molecule has 0 spiro atoms. The topological polar surface area (TPSA) is 77.7 Å². The molecule has 2 aromatic rings. The van der Waals surface area contributed by atoms with Crippen LogP contribution in [0, 0.1) is 0 Å². The summed E-state index contributed by atoms with van der Waals surface area (Å²) in [6.45, 7) is 5.49. The van der Waals surface area contributed by atoms with Crippen LogP contribution >= 0.6 is 0 Å². The highest BCUT2D eigenvalue weighted by molar-refractivity contribution is 5.87. The summed E-state index contributed by atoms with van der Waals surface area (Å²) in [5.74, 6) is 1.07. The van der Waals surface area contributed by atoms with Crippen LogP contribution in [0.2, 0.25) is 0 Å². The Labute approximate surface area is 135 Å². The summed E-state index contributed by atoms with van der Waals surface area (Å²) in [7, 11) is 1.66. The van der Waals surface area contributed by atoms with Gasteiger partial charge in [-0.3, -0.25) is 4.90 Å². The van der Waals surface area contributed by atoms with E-state index >= 15 is 0 Å². The maximum Gasteiger partial charge on any atom is 0.414 e. The molecule has 0 saturated heterocycles. The van der Waals surface area contributed by atoms with Gasteiger partial charge in [-0.25, -0.2) is 9.78 Å². The van der Waals surface area contributed by atoms with Crippen molar-refractivity contribution in [1.29, 1.82) is 0 Å². The lowest BCUT2D eigenvalue weighted by Crippen LogP contribution is -2.34. The summed E-state index contributed by atoms with van der Waals surface area (Å²) in [6.07, 6.45) is 1.12. The largest absolute Gasteiger partial charge is 0.443 e. The number of hydrogen-bond donors (Lipinski definition) is 1. The van der Waals surface area contributed by atoms with Crippen molar-refractivity contribution in [2.75, 3.05) is 17.7 Å². The minimum atomic E-state index is -0.533. The lowest BCUT2D eigenvalue weighted by Gasteiger charge is -2.24. The van der Waals surface area contributed by atoms with Gasteiger partial charge in [-0.15, -0.1) is 0 Å². The van der Waals surface area contributed by atoms with Crippen molar-refractivity contribution in [3.8, 4) is 11.6 Å². The number of carbonyl (C=O) groups excluding carboxylic acids is 1. The zero-order valence-electron chi connectivity index (χ0n) is 13.7. The molecule has 0 bridgehead atoms. The van der Waals surface area contributed by atoms with Crippen molar-refractivity contribution in [1.82, 2.24) is 4.98 Å². The Kier molecular flexibility index (Phi) is 4.74. The first-order valence-corrected chi connectivity index (χ1v) is 7.21. The van der Waals surface area contributed by atoms with Gasteiger partial charge in [-0.2, -0.15) is 0 Å². The number of nitrogens with two attached hydrogens (primary N) is 1. The number of nitrogens with zero attached hydrogens (tertiary/aromatic N) is 2. The van der Waals surface area contributed by atoms with Crippen LogP contribution in [0.5, 0.6) is 11.6 Å². The molecule has 1 heterocycles. The van der Waals surface area contributed by atoms with Crippen LogP contribution < -0.4 is 15.4 Å². The van der Waals surface area contributed by atoms with Crippen LogP contribution in [-0.4, -0.2) is 23.7 Å². The Morgan fingerprint density at radius 1 is 1.13 bits per heavy atom. The Morgan fingerprint density at radius 2 is 1.78 bits per heavy atom. The molecule has 0 unspecified atom stereocenters. The minimum Gasteiger partial charge on any atom is -0.443 e. The van der Waals surface area contributed by atoms with Gasteiger partial charge < -0.3 is 15.2 Å². The highest BCUT2D eigenvalue weighted by Crippen LogP contribution is 2.24. The maximum absolute atomic E-state index is 12.0. The molecule has 1 aromatic carbocycles. The van der Waals surface area contributed by atoms with Crippen molar-refractivity contribution < 1.29 is 14.3 Å². The van der Waals surface area contributed by atoms with Crippen LogP contribution in [0.4, 0.5) is 16.2 Å². The van der Waals surface area contributed by atoms with E-state index in [0.29, 0.717) is 23.0 Å². The fraction of sp³-hybridized carbons (Fsp3) is 0.294. The highest BCUT2D eigenvalue weighted by Gasteiger charge is 2.20. The predicted octanol–water partition coefficient (Wildman–Crippen LogP) is 3.83. The number of ether oxygens (including phenoxy) is 2. The third kappa shape index (κ3) is 4.88. The molecule has 23 heavy (non-hydrogen) atoms. The van der Waals surface area contributed by atoms with Crippen LogP contribution in [-0.2, 0) is 4.74 Å². The van der Waals surface area contributed by atoms with Crippen LogP contribution in [0.1, 0.15) is 20.8 Å². The van der Waals surface area contributed by atoms with E-state index in [2.05, 4.69) is 4.98 Å². The molecule has 0 radical (unpaired) electrons. The van der Waals surface area contributed by atoms with Crippen molar-refractivity contribution in [2.45, 2.75) is 26.4 Å². The van der Waals surface area contributed by atoms with Gasteiger partial charge in [0.05, 0.1) is 11.9 Å². The molecule has 0 aliphatic heterocycles. The number of benzene rings is 1. The Bertz CT molecular complexity index is 661. The van der Waals surface area contributed by atoms with Gasteiger partial charge in [-0.1, -0.05) is 0 Å². The number of pyridine rings is 1. The lowest BCUT2D eigenvalue weighted by molar-refractivity contribution is 0.0589. The van der Waals surface area contributed by atoms with E-state index < -0.39 is 11.7 Å². The average molecular weight is 315 g/mol. The zero-order chi connectivity index (χ0) is 17.0. The molecule has 122 valence electrons. The van der Waals surface area contributed by atoms with Crippen molar-refractivity contribution in [3.63, 3.8) is 0 Å². The summed E-state index contributed by atoms with van der Waals surface area (Å²) in [4.78, 5) is 17.5. The molecular formula is C17H21N3O3. The smallest absolute Gasteiger partial charge is 0.414 e. The number of aromatic nitrogens is 1. The minimum absolute atomic E-state index is 0.411. The number of amides is 1. The van der Waals surface area contributed by atoms with E-state index in [0.717, 1.165) is 0 Å². The van der Waals surface area contributed by atoms with Gasteiger partial charge in [0.25, 0.3) is 0 Å². The maximum atomic E-state index is 12.0. The monoisotopic (exact) mass is 315 g/mol. The molecule has 0 saturated carbocycles. The van der Waals surface area contributed by atoms with Crippen LogP contribution in [0.25, 0.3) is 0 Å². The second-order valence-electron chi connectivity index (χ2n) is 6.07. The molecule has 2 rings (SSSR count). The third-order valence-electron chi connectivity index (χ3n) is 2.87. The third-order valence-corrected chi connectivity index (χ3v) is 2.87. The first-order valence-electron chi connectivity index (χ1n) is 7.21. The summed E-state index contributed by atoms with van der Waals surface area (Å²) >= 11 is 0. The number of carbonyl (C=O) groups is 1. The summed E-state index contributed by atoms with van der Waals surface area (Å²) in [5, 5.41) is 0. The molecule has 6 heteroatoms. The van der Waals surface area contributed by atoms with Crippen LogP contribution in [0.15, 0.2) is 42.6 Å². The number of hydrogen-bond acceptors (Lipinski definition) is 5. The van der Waals surface area contributed by atoms with E-state index in [9.17, 15) is 4.79 Å². The summed E-state index contributed by atoms with van der Waals surface area (Å²) < 4.78 is 10.9. The first-order chi connectivity index (χ1) is 10.7. The van der Waals surface area contributed by atoms with Gasteiger partial charge >= 0.3 is 6.09 Å². The Morgan fingerprint density at radius 3 is 2.30 bits per heavy atom. The van der Waals surface area contributed by atoms with E-state index in [-0.39, 0.29) is 0 Å². The van der Waals surface area contributed by atoms with E-state index in [1.165, 1.54) is 11.1 Å². The highest BCUT2D eigenvalue weighted by atomic mass is 16.6. The molecule has 1 aromatic heterocycles. The molecular weight excluding hydrogens is 294 g/mol. The van der Waals surface area contributed by atoms with Crippen molar-refractivity contribution >= 4 is 17.5 Å². The number of nitrogen functional groups attached to an aromatic ring is 1. The van der Waals surface area contributed by atoms with Gasteiger partial charge in [-0.05, 0) is 51.1 Å². The van der Waals surface area contributed by atoms with Gasteiger partial charge in [0.15, 0.2) is 0 Å². The van der Waals surface area contributed by atoms with Crippen LogP contribution in [0.3, 0.4) is 0 Å². The summed E-state index contributed by atoms with van der Waals surface area (Å²) in [6, 6.07) is 10.5. The van der Waals surface area contributed by atoms with E-state index in [4.69, 9.17) is 15.2 Å². The zero-order valence-corrected chi connectivity index (χ0v) is 13.7. The molecule has 2 N–H and O–H groups in total. The second kappa shape index (κ2) is 6.56. The van der Waals surface area contributed by atoms with Gasteiger partial charge in [0, 0.05) is 18.8 Å². The fourth-order valence-corrected chi connectivity index (χ4v) is 1.75. The predicted molar refractivity (Wildman–Crippen MR) is 89.8 cm³/mol. The van der Waals surface area contributed by atoms with E-state index in [1.54, 1.807) is 43.4 Å². The molecule has 0 atom stereocenters. The fourth-order valence-electron chi connectivity index (χ4n) is 1.75. The molecule has 6 nitrogen and oxygen atoms in total. The number of rotatable bonds is 3. The Hall–Kier alpha value is -2.76. The molecule has 0 aliphatic rings. The lowest BCUT2D eigenvalue weighted by atomic mass is 10.2. The molecule has 1 amide bonds. The van der Waals surface area contributed by atoms with Gasteiger partial charge in [0.2, 0.25) is 5.88 Å². The summed E-state index contributed by atoms with van der Waals surface area (Å²) in [5.41, 5.74) is 6.33. The van der Waals surface area contributed by atoms with Gasteiger partial charge in [0.1, 0.15) is 11.4 Å². The average Bonchev–Trinajstić information content (AvgIpc) is 2.48. The second-order valence-corrected chi connectivity index (χ2v) is 6.07. The Balaban J connectivity index is 2.04.